The van der Waals surface area contributed by atoms with E-state index in [1.54, 1.807) is 12.1 Å². The van der Waals surface area contributed by atoms with Gasteiger partial charge in [0.1, 0.15) is 5.60 Å². The summed E-state index contributed by atoms with van der Waals surface area (Å²) in [5, 5.41) is 12.9. The fourth-order valence-corrected chi connectivity index (χ4v) is 1.74. The van der Waals surface area contributed by atoms with Gasteiger partial charge >= 0.3 is 0 Å². The Kier molecular flexibility index (Phi) is 5.72. The van der Waals surface area contributed by atoms with Gasteiger partial charge in [-0.25, -0.2) is 4.98 Å². The molecule has 2 N–H and O–H groups in total. The fraction of sp³-hybridized carbons (Fsp3) is 0.625. The summed E-state index contributed by atoms with van der Waals surface area (Å²) in [6.45, 7) is 9.84. The van der Waals surface area contributed by atoms with E-state index in [-0.39, 0.29) is 18.1 Å². The zero-order valence-corrected chi connectivity index (χ0v) is 13.6. The number of nitrogens with one attached hydrogen (secondary N) is 1. The van der Waals surface area contributed by atoms with Gasteiger partial charge in [0.25, 0.3) is 5.91 Å². The first kappa shape index (κ1) is 17.4. The lowest BCUT2D eigenvalue weighted by molar-refractivity contribution is 0.0314. The van der Waals surface area contributed by atoms with Crippen molar-refractivity contribution in [2.24, 2.45) is 0 Å². The van der Waals surface area contributed by atoms with Crippen LogP contribution >= 0.6 is 0 Å². The number of carbonyl (C=O) groups is 1. The molecule has 1 aromatic heterocycles. The molecular formula is C16H26N2O3. The predicted octanol–water partition coefficient (Wildman–Crippen LogP) is 2.54. The minimum atomic E-state index is -0.849. The molecular weight excluding hydrogens is 268 g/mol. The van der Waals surface area contributed by atoms with Gasteiger partial charge in [0.05, 0.1) is 11.2 Å². The van der Waals surface area contributed by atoms with Crippen LogP contribution in [-0.2, 0) is 0 Å². The Bertz CT molecular complexity index is 459. The van der Waals surface area contributed by atoms with Crippen molar-refractivity contribution in [1.29, 1.82) is 0 Å². The molecule has 0 saturated carbocycles. The van der Waals surface area contributed by atoms with Crippen molar-refractivity contribution >= 4 is 5.91 Å². The number of hydrogen-bond donors (Lipinski definition) is 2. The highest BCUT2D eigenvalue weighted by atomic mass is 16.5. The number of pyridine rings is 1. The molecule has 0 atom stereocenters. The highest BCUT2D eigenvalue weighted by Gasteiger charge is 2.23. The highest BCUT2D eigenvalue weighted by Crippen LogP contribution is 2.16. The lowest BCUT2D eigenvalue weighted by Gasteiger charge is -2.25. The Morgan fingerprint density at radius 3 is 2.33 bits per heavy atom. The Morgan fingerprint density at radius 1 is 1.29 bits per heavy atom. The lowest BCUT2D eigenvalue weighted by Crippen LogP contribution is -2.42. The van der Waals surface area contributed by atoms with Crippen LogP contribution < -0.4 is 10.1 Å². The van der Waals surface area contributed by atoms with E-state index >= 15 is 0 Å². The second kappa shape index (κ2) is 6.89. The Hall–Kier alpha value is -1.62. The minimum Gasteiger partial charge on any atom is -0.472 e. The van der Waals surface area contributed by atoms with E-state index in [4.69, 9.17) is 4.74 Å². The smallest absolute Gasteiger partial charge is 0.252 e. The van der Waals surface area contributed by atoms with Crippen LogP contribution in [0.4, 0.5) is 0 Å². The van der Waals surface area contributed by atoms with Gasteiger partial charge in [-0.3, -0.25) is 4.79 Å². The molecule has 0 spiro atoms. The number of aliphatic hydroxyl groups is 1. The van der Waals surface area contributed by atoms with Crippen molar-refractivity contribution in [1.82, 2.24) is 10.3 Å². The number of aromatic nitrogens is 1. The SMILES string of the molecule is CCC(O)(CC)CNC(=O)c1ccc(OC(C)(C)C)nc1. The van der Waals surface area contributed by atoms with Gasteiger partial charge in [0.2, 0.25) is 5.88 Å². The average Bonchev–Trinajstić information content (AvgIpc) is 2.43. The van der Waals surface area contributed by atoms with Crippen LogP contribution in [0, 0.1) is 0 Å². The van der Waals surface area contributed by atoms with Crippen LogP contribution in [-0.4, -0.2) is 33.7 Å². The molecule has 0 saturated heterocycles. The summed E-state index contributed by atoms with van der Waals surface area (Å²) in [4.78, 5) is 16.1. The Balaban J connectivity index is 2.63. The van der Waals surface area contributed by atoms with Gasteiger partial charge in [0, 0.05) is 18.8 Å². The van der Waals surface area contributed by atoms with Gasteiger partial charge in [-0.2, -0.15) is 0 Å². The third-order valence-electron chi connectivity index (χ3n) is 3.30. The molecule has 0 aromatic carbocycles. The van der Waals surface area contributed by atoms with E-state index in [0.29, 0.717) is 24.3 Å². The first-order valence-electron chi connectivity index (χ1n) is 7.35. The van der Waals surface area contributed by atoms with Crippen molar-refractivity contribution in [3.8, 4) is 5.88 Å². The van der Waals surface area contributed by atoms with E-state index in [1.165, 1.54) is 6.20 Å². The molecule has 5 nitrogen and oxygen atoms in total. The van der Waals surface area contributed by atoms with Crippen molar-refractivity contribution in [3.63, 3.8) is 0 Å². The number of nitrogens with zero attached hydrogens (tertiary/aromatic N) is 1. The van der Waals surface area contributed by atoms with Gasteiger partial charge in [-0.1, -0.05) is 13.8 Å². The molecule has 1 heterocycles. The third-order valence-corrected chi connectivity index (χ3v) is 3.30. The molecule has 1 aromatic rings. The van der Waals surface area contributed by atoms with Gasteiger partial charge in [0.15, 0.2) is 0 Å². The zero-order valence-electron chi connectivity index (χ0n) is 13.6. The van der Waals surface area contributed by atoms with Crippen molar-refractivity contribution in [3.05, 3.63) is 23.9 Å². The molecule has 0 fully saturated rings. The molecule has 5 heteroatoms. The molecule has 0 aliphatic heterocycles. The van der Waals surface area contributed by atoms with Crippen LogP contribution in [0.25, 0.3) is 0 Å². The summed E-state index contributed by atoms with van der Waals surface area (Å²) in [7, 11) is 0. The molecule has 1 rings (SSSR count). The van der Waals surface area contributed by atoms with E-state index in [9.17, 15) is 9.90 Å². The summed E-state index contributed by atoms with van der Waals surface area (Å²) in [6.07, 6.45) is 2.67. The third kappa shape index (κ3) is 5.71. The topological polar surface area (TPSA) is 71.5 Å². The summed E-state index contributed by atoms with van der Waals surface area (Å²) < 4.78 is 5.60. The van der Waals surface area contributed by atoms with Gasteiger partial charge < -0.3 is 15.2 Å². The van der Waals surface area contributed by atoms with Crippen molar-refractivity contribution in [2.75, 3.05) is 6.54 Å². The number of amides is 1. The lowest BCUT2D eigenvalue weighted by atomic mass is 9.97. The number of rotatable bonds is 6. The zero-order chi connectivity index (χ0) is 16.1. The molecule has 0 aliphatic carbocycles. The molecule has 21 heavy (non-hydrogen) atoms. The predicted molar refractivity (Wildman–Crippen MR) is 82.5 cm³/mol. The normalized spacial score (nSPS) is 12.1. The quantitative estimate of drug-likeness (QED) is 0.846. The van der Waals surface area contributed by atoms with Crippen molar-refractivity contribution in [2.45, 2.75) is 58.7 Å². The minimum absolute atomic E-state index is 0.235. The molecule has 0 bridgehead atoms. The first-order valence-corrected chi connectivity index (χ1v) is 7.35. The molecule has 1 amide bonds. The van der Waals surface area contributed by atoms with Gasteiger partial charge in [-0.05, 0) is 39.7 Å². The highest BCUT2D eigenvalue weighted by molar-refractivity contribution is 5.93. The number of ether oxygens (including phenoxy) is 1. The first-order chi connectivity index (χ1) is 9.69. The second-order valence-electron chi connectivity index (χ2n) is 6.21. The Labute approximate surface area is 126 Å². The van der Waals surface area contributed by atoms with Crippen molar-refractivity contribution < 1.29 is 14.6 Å². The van der Waals surface area contributed by atoms with Crippen LogP contribution in [0.15, 0.2) is 18.3 Å². The van der Waals surface area contributed by atoms with E-state index in [1.807, 2.05) is 34.6 Å². The maximum absolute atomic E-state index is 12.0. The van der Waals surface area contributed by atoms with E-state index in [0.717, 1.165) is 0 Å². The van der Waals surface area contributed by atoms with Crippen LogP contribution in [0.2, 0.25) is 0 Å². The van der Waals surface area contributed by atoms with E-state index < -0.39 is 5.60 Å². The fourth-order valence-electron chi connectivity index (χ4n) is 1.74. The van der Waals surface area contributed by atoms with Crippen LogP contribution in [0.5, 0.6) is 5.88 Å². The summed E-state index contributed by atoms with van der Waals surface area (Å²) in [5.41, 5.74) is -0.723. The molecule has 118 valence electrons. The van der Waals surface area contributed by atoms with Gasteiger partial charge in [-0.15, -0.1) is 0 Å². The molecule has 0 radical (unpaired) electrons. The van der Waals surface area contributed by atoms with Crippen LogP contribution in [0.1, 0.15) is 57.8 Å². The molecule has 0 unspecified atom stereocenters. The number of carbonyl (C=O) groups excluding carboxylic acids is 1. The maximum atomic E-state index is 12.0. The summed E-state index contributed by atoms with van der Waals surface area (Å²) >= 11 is 0. The van der Waals surface area contributed by atoms with E-state index in [2.05, 4.69) is 10.3 Å². The Morgan fingerprint density at radius 2 is 1.90 bits per heavy atom. The standard InChI is InChI=1S/C16H26N2O3/c1-6-16(20,7-2)11-18-14(19)12-8-9-13(17-10-12)21-15(3,4)5/h8-10,20H,6-7,11H2,1-5H3,(H,18,19). The largest absolute Gasteiger partial charge is 0.472 e. The van der Waals surface area contributed by atoms with Crippen LogP contribution in [0.3, 0.4) is 0 Å². The average molecular weight is 294 g/mol. The summed E-state index contributed by atoms with van der Waals surface area (Å²) in [5.74, 6) is 0.239. The summed E-state index contributed by atoms with van der Waals surface area (Å²) in [6, 6.07) is 3.34. The maximum Gasteiger partial charge on any atom is 0.252 e. The number of hydrogen-bond acceptors (Lipinski definition) is 4. The molecule has 0 aliphatic rings. The monoisotopic (exact) mass is 294 g/mol. The second-order valence-corrected chi connectivity index (χ2v) is 6.21.